The van der Waals surface area contributed by atoms with Gasteiger partial charge in [0.15, 0.2) is 0 Å². The zero-order valence-electron chi connectivity index (χ0n) is 8.33. The minimum atomic E-state index is 0.0522. The summed E-state index contributed by atoms with van der Waals surface area (Å²) < 4.78 is 0. The number of aryl methyl sites for hydroxylation is 2. The molecule has 0 aliphatic heterocycles. The Morgan fingerprint density at radius 1 is 1.00 bits per heavy atom. The van der Waals surface area contributed by atoms with Crippen LogP contribution in [-0.2, 0) is 19.5 Å². The molecule has 0 amide bonds. The molecule has 0 spiro atoms. The molecular formula is C13H13P. The van der Waals surface area contributed by atoms with Gasteiger partial charge >= 0.3 is 0 Å². The van der Waals surface area contributed by atoms with Crippen molar-refractivity contribution in [1.82, 2.24) is 0 Å². The fourth-order valence-corrected chi connectivity index (χ4v) is 3.96. The van der Waals surface area contributed by atoms with Gasteiger partial charge in [0, 0.05) is 0 Å². The quantitative estimate of drug-likeness (QED) is 0.603. The first-order valence-electron chi connectivity index (χ1n) is 5.09. The van der Waals surface area contributed by atoms with E-state index < -0.39 is 0 Å². The summed E-state index contributed by atoms with van der Waals surface area (Å²) in [5, 5.41) is 1.71. The van der Waals surface area contributed by atoms with Crippen molar-refractivity contribution in [1.29, 1.82) is 0 Å². The van der Waals surface area contributed by atoms with Crippen LogP contribution in [0.2, 0.25) is 0 Å². The molecule has 1 aromatic carbocycles. The lowest BCUT2D eigenvalue weighted by Crippen LogP contribution is -2.00. The van der Waals surface area contributed by atoms with Gasteiger partial charge in [-0.15, -0.1) is 7.53 Å². The van der Waals surface area contributed by atoms with E-state index in [1.54, 1.807) is 5.30 Å². The van der Waals surface area contributed by atoms with E-state index in [1.165, 1.54) is 29.5 Å². The van der Waals surface area contributed by atoms with Crippen molar-refractivity contribution in [3.63, 3.8) is 0 Å². The van der Waals surface area contributed by atoms with Crippen molar-refractivity contribution in [2.24, 2.45) is 6.66 Å². The molecule has 0 fully saturated rings. The molecule has 3 rings (SSSR count). The number of hydrogen-bond acceptors (Lipinski definition) is 0. The van der Waals surface area contributed by atoms with Crippen LogP contribution in [0.1, 0.15) is 10.9 Å². The normalized spacial score (nSPS) is 14.8. The Kier molecular flexibility index (Phi) is 1.78. The number of fused-ring (bicyclic) bond motifs is 3. The SMILES string of the molecule is Cp1ccc2c1CCc1ccccc1-2. The van der Waals surface area contributed by atoms with E-state index >= 15 is 0 Å². The predicted octanol–water partition coefficient (Wildman–Crippen LogP) is 3.98. The van der Waals surface area contributed by atoms with Crippen molar-refractivity contribution in [3.05, 3.63) is 47.0 Å². The van der Waals surface area contributed by atoms with Crippen molar-refractivity contribution >= 4 is 7.53 Å². The van der Waals surface area contributed by atoms with Gasteiger partial charge in [-0.3, -0.25) is 0 Å². The molecule has 0 nitrogen and oxygen atoms in total. The average Bonchev–Trinajstić information content (AvgIpc) is 2.61. The van der Waals surface area contributed by atoms with E-state index in [9.17, 15) is 0 Å². The van der Waals surface area contributed by atoms with Crippen LogP contribution in [0.25, 0.3) is 11.1 Å². The summed E-state index contributed by atoms with van der Waals surface area (Å²) in [6.45, 7) is 2.36. The van der Waals surface area contributed by atoms with Gasteiger partial charge in [-0.25, -0.2) is 0 Å². The van der Waals surface area contributed by atoms with E-state index in [0.717, 1.165) is 0 Å². The first kappa shape index (κ1) is 8.32. The third-order valence-electron chi connectivity index (χ3n) is 3.14. The number of hydrogen-bond donors (Lipinski definition) is 0. The van der Waals surface area contributed by atoms with Crippen molar-refractivity contribution in [2.45, 2.75) is 12.8 Å². The van der Waals surface area contributed by atoms with Gasteiger partial charge in [-0.2, -0.15) is 0 Å². The second kappa shape index (κ2) is 3.00. The maximum absolute atomic E-state index is 2.39. The lowest BCUT2D eigenvalue weighted by atomic mass is 9.91. The van der Waals surface area contributed by atoms with E-state index in [4.69, 9.17) is 0 Å². The van der Waals surface area contributed by atoms with Crippen LogP contribution in [0.3, 0.4) is 0 Å². The highest BCUT2D eigenvalue weighted by molar-refractivity contribution is 7.48. The number of benzene rings is 1. The fraction of sp³-hybridized carbons (Fsp3) is 0.231. The van der Waals surface area contributed by atoms with Gasteiger partial charge in [0.05, 0.1) is 0 Å². The molecule has 0 radical (unpaired) electrons. The van der Waals surface area contributed by atoms with E-state index in [0.29, 0.717) is 0 Å². The van der Waals surface area contributed by atoms with Crippen LogP contribution >= 0.6 is 7.53 Å². The highest BCUT2D eigenvalue weighted by atomic mass is 31.1. The maximum Gasteiger partial charge on any atom is -0.0106 e. The molecule has 0 N–H and O–H groups in total. The fourth-order valence-electron chi connectivity index (χ4n) is 2.37. The largest absolute Gasteiger partial charge is 0.124 e. The van der Waals surface area contributed by atoms with Gasteiger partial charge in [0.2, 0.25) is 0 Å². The molecule has 70 valence electrons. The van der Waals surface area contributed by atoms with Gasteiger partial charge in [-0.05, 0) is 53.4 Å². The summed E-state index contributed by atoms with van der Waals surface area (Å²) >= 11 is 0. The molecule has 0 bridgehead atoms. The summed E-state index contributed by atoms with van der Waals surface area (Å²) in [4.78, 5) is 0. The second-order valence-electron chi connectivity index (χ2n) is 3.94. The zero-order valence-corrected chi connectivity index (χ0v) is 9.22. The summed E-state index contributed by atoms with van der Waals surface area (Å²) in [7, 11) is 0.0522. The van der Waals surface area contributed by atoms with Gasteiger partial charge in [-0.1, -0.05) is 24.3 Å². The summed E-state index contributed by atoms with van der Waals surface area (Å²) in [5.41, 5.74) is 4.54. The molecule has 2 aromatic rings. The lowest BCUT2D eigenvalue weighted by molar-refractivity contribution is 0.963. The Morgan fingerprint density at radius 2 is 1.86 bits per heavy atom. The Hall–Kier alpha value is -1.00. The standard InChI is InChI=1S/C13H13P/c1-14-9-8-12-11-5-3-2-4-10(11)6-7-13(12)14/h2-5,8-9H,6-7H2,1H3. The molecule has 1 heterocycles. The maximum atomic E-state index is 2.39. The Balaban J connectivity index is 2.29. The molecule has 1 aliphatic rings. The van der Waals surface area contributed by atoms with Crippen molar-refractivity contribution < 1.29 is 0 Å². The van der Waals surface area contributed by atoms with E-state index in [-0.39, 0.29) is 7.53 Å². The highest BCUT2D eigenvalue weighted by Gasteiger charge is 2.17. The topological polar surface area (TPSA) is 0 Å². The molecule has 14 heavy (non-hydrogen) atoms. The lowest BCUT2D eigenvalue weighted by Gasteiger charge is -2.17. The second-order valence-corrected chi connectivity index (χ2v) is 6.00. The van der Waals surface area contributed by atoms with Crippen molar-refractivity contribution in [3.8, 4) is 11.1 Å². The van der Waals surface area contributed by atoms with Crippen LogP contribution in [0.4, 0.5) is 0 Å². The first-order chi connectivity index (χ1) is 6.86. The van der Waals surface area contributed by atoms with Crippen LogP contribution in [-0.4, -0.2) is 0 Å². The third-order valence-corrected chi connectivity index (χ3v) is 5.05. The number of rotatable bonds is 0. The summed E-state index contributed by atoms with van der Waals surface area (Å²) in [5.74, 6) is 2.39. The molecule has 1 heteroatoms. The van der Waals surface area contributed by atoms with Crippen molar-refractivity contribution in [2.75, 3.05) is 0 Å². The average molecular weight is 200 g/mol. The molecular weight excluding hydrogens is 187 g/mol. The predicted molar refractivity (Wildman–Crippen MR) is 63.0 cm³/mol. The van der Waals surface area contributed by atoms with Crippen LogP contribution < -0.4 is 0 Å². The van der Waals surface area contributed by atoms with Gasteiger partial charge in [0.25, 0.3) is 0 Å². The summed E-state index contributed by atoms with van der Waals surface area (Å²) in [6, 6.07) is 11.2. The minimum absolute atomic E-state index is 0.0522. The minimum Gasteiger partial charge on any atom is -0.124 e. The molecule has 1 atom stereocenters. The molecule has 1 aromatic heterocycles. The van der Waals surface area contributed by atoms with Crippen LogP contribution in [0.15, 0.2) is 36.1 Å². The van der Waals surface area contributed by atoms with E-state index in [1.807, 2.05) is 0 Å². The van der Waals surface area contributed by atoms with E-state index in [2.05, 4.69) is 42.8 Å². The molecule has 1 unspecified atom stereocenters. The smallest absolute Gasteiger partial charge is 0.0106 e. The van der Waals surface area contributed by atoms with Gasteiger partial charge < -0.3 is 0 Å². The zero-order chi connectivity index (χ0) is 9.54. The van der Waals surface area contributed by atoms with Crippen LogP contribution in [0, 0.1) is 0 Å². The van der Waals surface area contributed by atoms with Gasteiger partial charge in [0.1, 0.15) is 0 Å². The summed E-state index contributed by atoms with van der Waals surface area (Å²) in [6.07, 6.45) is 2.52. The molecule has 0 saturated carbocycles. The Labute approximate surface area is 85.6 Å². The highest BCUT2D eigenvalue weighted by Crippen LogP contribution is 2.44. The Bertz CT molecular complexity index is 480. The Morgan fingerprint density at radius 3 is 2.79 bits per heavy atom. The monoisotopic (exact) mass is 200 g/mol. The molecule has 0 saturated heterocycles. The molecule has 1 aliphatic carbocycles. The van der Waals surface area contributed by atoms with Crippen LogP contribution in [0.5, 0.6) is 0 Å². The first-order valence-corrected chi connectivity index (χ1v) is 6.94. The third kappa shape index (κ3) is 1.07.